The minimum atomic E-state index is -0.0369. The van der Waals surface area contributed by atoms with Crippen LogP contribution in [0, 0.1) is 13.8 Å². The van der Waals surface area contributed by atoms with E-state index in [9.17, 15) is 9.90 Å². The van der Waals surface area contributed by atoms with Crippen LogP contribution >= 0.6 is 0 Å². The average molecular weight is 385 g/mol. The van der Waals surface area contributed by atoms with Gasteiger partial charge < -0.3 is 14.4 Å². The van der Waals surface area contributed by atoms with Crippen LogP contribution in [0.4, 0.5) is 0 Å². The Morgan fingerprint density at radius 3 is 2.52 bits per heavy atom. The van der Waals surface area contributed by atoms with E-state index in [1.54, 1.807) is 22.8 Å². The molecule has 0 fully saturated rings. The summed E-state index contributed by atoms with van der Waals surface area (Å²) in [5.41, 5.74) is 5.00. The van der Waals surface area contributed by atoms with E-state index in [-0.39, 0.29) is 11.3 Å². The molecule has 0 saturated heterocycles. The van der Waals surface area contributed by atoms with Crippen LogP contribution in [-0.2, 0) is 6.54 Å². The number of ether oxygens (including phenoxy) is 1. The van der Waals surface area contributed by atoms with E-state index in [1.165, 1.54) is 12.7 Å². The van der Waals surface area contributed by atoms with Crippen LogP contribution in [0.5, 0.6) is 11.5 Å². The topological polar surface area (TPSA) is 51.5 Å². The quantitative estimate of drug-likeness (QED) is 0.535. The largest absolute Gasteiger partial charge is 0.504 e. The number of methoxy groups -OCH3 is 1. The Morgan fingerprint density at radius 2 is 1.76 bits per heavy atom. The Labute approximate surface area is 169 Å². The lowest BCUT2D eigenvalue weighted by Gasteiger charge is -2.17. The Kier molecular flexibility index (Phi) is 4.85. The van der Waals surface area contributed by atoms with Gasteiger partial charge in [0, 0.05) is 10.9 Å². The number of benzene rings is 3. The molecule has 4 aromatic rings. The lowest BCUT2D eigenvalue weighted by molar-refractivity contribution is 0.373. The van der Waals surface area contributed by atoms with Gasteiger partial charge in [-0.1, -0.05) is 42.0 Å². The minimum absolute atomic E-state index is 0.0369. The van der Waals surface area contributed by atoms with Crippen molar-refractivity contribution in [2.75, 3.05) is 7.11 Å². The fourth-order valence-corrected chi connectivity index (χ4v) is 3.72. The molecular weight excluding hydrogens is 362 g/mol. The van der Waals surface area contributed by atoms with E-state index >= 15 is 0 Å². The Morgan fingerprint density at radius 1 is 0.966 bits per heavy atom. The van der Waals surface area contributed by atoms with Crippen molar-refractivity contribution in [3.05, 3.63) is 93.8 Å². The van der Waals surface area contributed by atoms with Crippen molar-refractivity contribution in [2.45, 2.75) is 20.4 Å². The van der Waals surface area contributed by atoms with Crippen LogP contribution in [0.25, 0.3) is 22.0 Å². The van der Waals surface area contributed by atoms with Gasteiger partial charge in [-0.05, 0) is 60.7 Å². The number of phenolic OH excluding ortho intramolecular Hbond substituents is 1. The zero-order valence-electron chi connectivity index (χ0n) is 16.8. The fraction of sp³-hybridized carbons (Fsp3) is 0.160. The molecule has 146 valence electrons. The monoisotopic (exact) mass is 385 g/mol. The average Bonchev–Trinajstić information content (AvgIpc) is 2.72. The summed E-state index contributed by atoms with van der Waals surface area (Å²) in [4.78, 5) is 13.4. The molecule has 0 aliphatic carbocycles. The first-order valence-electron chi connectivity index (χ1n) is 9.54. The molecule has 29 heavy (non-hydrogen) atoms. The summed E-state index contributed by atoms with van der Waals surface area (Å²) in [5, 5.41) is 11.6. The van der Waals surface area contributed by atoms with Crippen molar-refractivity contribution < 1.29 is 9.84 Å². The molecule has 0 radical (unpaired) electrons. The fourth-order valence-electron chi connectivity index (χ4n) is 3.72. The smallest absolute Gasteiger partial charge is 0.259 e. The van der Waals surface area contributed by atoms with Crippen LogP contribution in [-0.4, -0.2) is 16.8 Å². The maximum absolute atomic E-state index is 13.4. The summed E-state index contributed by atoms with van der Waals surface area (Å²) in [7, 11) is 1.52. The van der Waals surface area contributed by atoms with E-state index in [0.29, 0.717) is 17.7 Å². The zero-order valence-corrected chi connectivity index (χ0v) is 16.8. The lowest BCUT2D eigenvalue weighted by atomic mass is 10.0. The molecule has 0 aliphatic heterocycles. The third kappa shape index (κ3) is 3.49. The summed E-state index contributed by atoms with van der Waals surface area (Å²) >= 11 is 0. The number of nitrogens with zero attached hydrogens (tertiary/aromatic N) is 1. The molecule has 0 aliphatic rings. The maximum Gasteiger partial charge on any atom is 0.259 e. The molecule has 1 N–H and O–H groups in total. The highest BCUT2D eigenvalue weighted by Gasteiger charge is 2.14. The first-order chi connectivity index (χ1) is 14.0. The predicted molar refractivity (Wildman–Crippen MR) is 117 cm³/mol. The van der Waals surface area contributed by atoms with Gasteiger partial charge in [0.05, 0.1) is 19.3 Å². The molecule has 0 amide bonds. The number of pyridine rings is 1. The highest BCUT2D eigenvalue weighted by Crippen LogP contribution is 2.32. The van der Waals surface area contributed by atoms with Crippen molar-refractivity contribution in [1.82, 2.24) is 4.57 Å². The second kappa shape index (κ2) is 7.47. The molecule has 3 aromatic carbocycles. The number of rotatable bonds is 4. The molecule has 0 spiro atoms. The van der Waals surface area contributed by atoms with Gasteiger partial charge in [-0.2, -0.15) is 0 Å². The second-order valence-electron chi connectivity index (χ2n) is 7.32. The first-order valence-corrected chi connectivity index (χ1v) is 9.54. The number of aromatic hydroxyl groups is 1. The zero-order chi connectivity index (χ0) is 20.5. The number of aryl methyl sites for hydroxylation is 2. The Balaban J connectivity index is 1.97. The summed E-state index contributed by atoms with van der Waals surface area (Å²) in [6, 6.07) is 21.1. The van der Waals surface area contributed by atoms with Gasteiger partial charge in [0.15, 0.2) is 11.5 Å². The maximum atomic E-state index is 13.4. The van der Waals surface area contributed by atoms with Crippen LogP contribution in [0.2, 0.25) is 0 Å². The van der Waals surface area contributed by atoms with Gasteiger partial charge in [-0.3, -0.25) is 4.79 Å². The van der Waals surface area contributed by atoms with E-state index in [4.69, 9.17) is 4.74 Å². The summed E-state index contributed by atoms with van der Waals surface area (Å²) < 4.78 is 7.08. The summed E-state index contributed by atoms with van der Waals surface area (Å²) in [6.07, 6.45) is 0. The minimum Gasteiger partial charge on any atom is -0.504 e. The molecule has 0 saturated carbocycles. The van der Waals surface area contributed by atoms with Crippen molar-refractivity contribution in [3.8, 4) is 22.8 Å². The molecule has 4 rings (SSSR count). The standard InChI is InChI=1S/C25H23NO3/c1-16-8-9-20(17(2)12-16)15-26-22(19-10-11-23(27)24(14-19)29-3)13-18-6-4-5-7-21(18)25(26)28/h4-14,27H,15H2,1-3H3. The highest BCUT2D eigenvalue weighted by molar-refractivity contribution is 5.85. The van der Waals surface area contributed by atoms with E-state index in [1.807, 2.05) is 30.3 Å². The van der Waals surface area contributed by atoms with Crippen LogP contribution < -0.4 is 10.3 Å². The van der Waals surface area contributed by atoms with Gasteiger partial charge in [-0.25, -0.2) is 0 Å². The molecule has 1 heterocycles. The molecule has 0 unspecified atom stereocenters. The Hall–Kier alpha value is -3.53. The van der Waals surface area contributed by atoms with Gasteiger partial charge in [0.1, 0.15) is 0 Å². The van der Waals surface area contributed by atoms with E-state index in [0.717, 1.165) is 27.8 Å². The lowest BCUT2D eigenvalue weighted by Crippen LogP contribution is -2.23. The van der Waals surface area contributed by atoms with Crippen LogP contribution in [0.1, 0.15) is 16.7 Å². The van der Waals surface area contributed by atoms with Gasteiger partial charge in [0.25, 0.3) is 5.56 Å². The van der Waals surface area contributed by atoms with Crippen molar-refractivity contribution in [2.24, 2.45) is 0 Å². The van der Waals surface area contributed by atoms with Crippen molar-refractivity contribution in [1.29, 1.82) is 0 Å². The van der Waals surface area contributed by atoms with E-state index < -0.39 is 0 Å². The molecule has 0 atom stereocenters. The van der Waals surface area contributed by atoms with Crippen LogP contribution in [0.15, 0.2) is 71.5 Å². The summed E-state index contributed by atoms with van der Waals surface area (Å²) in [5.74, 6) is 0.446. The summed E-state index contributed by atoms with van der Waals surface area (Å²) in [6.45, 7) is 4.60. The van der Waals surface area contributed by atoms with Gasteiger partial charge in [-0.15, -0.1) is 0 Å². The van der Waals surface area contributed by atoms with Gasteiger partial charge in [0.2, 0.25) is 0 Å². The van der Waals surface area contributed by atoms with E-state index in [2.05, 4.69) is 32.0 Å². The van der Waals surface area contributed by atoms with Crippen molar-refractivity contribution in [3.63, 3.8) is 0 Å². The number of hydrogen-bond donors (Lipinski definition) is 1. The highest BCUT2D eigenvalue weighted by atomic mass is 16.5. The molecular formula is C25H23NO3. The molecule has 1 aromatic heterocycles. The number of phenols is 1. The normalized spacial score (nSPS) is 11.0. The molecule has 4 nitrogen and oxygen atoms in total. The van der Waals surface area contributed by atoms with Crippen molar-refractivity contribution >= 4 is 10.8 Å². The predicted octanol–water partition coefficient (Wildman–Crippen LogP) is 5.05. The third-order valence-corrected chi connectivity index (χ3v) is 5.32. The third-order valence-electron chi connectivity index (χ3n) is 5.32. The second-order valence-corrected chi connectivity index (χ2v) is 7.32. The molecule has 4 heteroatoms. The van der Waals surface area contributed by atoms with Gasteiger partial charge >= 0.3 is 0 Å². The van der Waals surface area contributed by atoms with Crippen LogP contribution in [0.3, 0.4) is 0 Å². The first kappa shape index (κ1) is 18.8. The molecule has 0 bridgehead atoms. The SMILES string of the molecule is COc1cc(-c2cc3ccccc3c(=O)n2Cc2ccc(C)cc2C)ccc1O. The number of aromatic nitrogens is 1. The number of fused-ring (bicyclic) bond motifs is 1. The number of hydrogen-bond acceptors (Lipinski definition) is 3. The Bertz CT molecular complexity index is 1270.